The molecule has 0 unspecified atom stereocenters. The predicted molar refractivity (Wildman–Crippen MR) is 110 cm³/mol. The second-order valence-electron chi connectivity index (χ2n) is 6.93. The Balaban J connectivity index is 1.62. The molecule has 0 radical (unpaired) electrons. The van der Waals surface area contributed by atoms with Crippen molar-refractivity contribution in [3.05, 3.63) is 45.8 Å². The van der Waals surface area contributed by atoms with Crippen LogP contribution in [0.1, 0.15) is 46.1 Å². The van der Waals surface area contributed by atoms with Crippen LogP contribution in [0.15, 0.2) is 24.3 Å². The summed E-state index contributed by atoms with van der Waals surface area (Å²) in [5.74, 6) is -1.04. The van der Waals surface area contributed by atoms with Gasteiger partial charge in [0.15, 0.2) is 6.61 Å². The molecule has 1 aliphatic rings. The van der Waals surface area contributed by atoms with Crippen LogP contribution in [0.2, 0.25) is 0 Å². The fourth-order valence-corrected chi connectivity index (χ4v) is 3.84. The quantitative estimate of drug-likeness (QED) is 0.686. The van der Waals surface area contributed by atoms with E-state index in [-0.39, 0.29) is 18.4 Å². The van der Waals surface area contributed by atoms with Crippen molar-refractivity contribution in [3.8, 4) is 0 Å². The van der Waals surface area contributed by atoms with Gasteiger partial charge in [0.25, 0.3) is 5.91 Å². The average Bonchev–Trinajstić information content (AvgIpc) is 3.48. The summed E-state index contributed by atoms with van der Waals surface area (Å²) in [5, 5.41) is 6.06. The van der Waals surface area contributed by atoms with E-state index in [9.17, 15) is 14.4 Å². The fourth-order valence-electron chi connectivity index (χ4n) is 2.79. The minimum Gasteiger partial charge on any atom is -0.452 e. The van der Waals surface area contributed by atoms with Gasteiger partial charge in [-0.25, -0.2) is 4.79 Å². The van der Waals surface area contributed by atoms with Gasteiger partial charge in [-0.15, -0.1) is 11.3 Å². The number of esters is 1. The van der Waals surface area contributed by atoms with Crippen molar-refractivity contribution >= 4 is 39.8 Å². The SMILES string of the molecule is CCc1cccc(NC(=O)COC(=O)c2c(NC(=O)C3CC3)sc(C)c2C)c1. The Hall–Kier alpha value is -2.67. The van der Waals surface area contributed by atoms with Crippen molar-refractivity contribution in [2.75, 3.05) is 17.2 Å². The first-order valence-corrected chi connectivity index (χ1v) is 10.2. The first-order valence-electron chi connectivity index (χ1n) is 9.35. The Labute approximate surface area is 168 Å². The Morgan fingerprint density at radius 1 is 1.18 bits per heavy atom. The third-order valence-electron chi connectivity index (χ3n) is 4.73. The van der Waals surface area contributed by atoms with E-state index >= 15 is 0 Å². The van der Waals surface area contributed by atoms with Crippen LogP contribution in [0, 0.1) is 19.8 Å². The lowest BCUT2D eigenvalue weighted by Crippen LogP contribution is -2.22. The van der Waals surface area contributed by atoms with Gasteiger partial charge in [-0.1, -0.05) is 19.1 Å². The molecule has 0 aliphatic heterocycles. The summed E-state index contributed by atoms with van der Waals surface area (Å²) in [6.07, 6.45) is 2.63. The normalized spacial score (nSPS) is 13.1. The molecule has 0 saturated heterocycles. The fraction of sp³-hybridized carbons (Fsp3) is 0.381. The maximum Gasteiger partial charge on any atom is 0.341 e. The maximum absolute atomic E-state index is 12.6. The topological polar surface area (TPSA) is 84.5 Å². The van der Waals surface area contributed by atoms with Gasteiger partial charge in [-0.2, -0.15) is 0 Å². The number of rotatable bonds is 7. The van der Waals surface area contributed by atoms with Gasteiger partial charge in [0.2, 0.25) is 5.91 Å². The Morgan fingerprint density at radius 3 is 2.61 bits per heavy atom. The first kappa shape index (κ1) is 20.1. The number of amides is 2. The zero-order chi connectivity index (χ0) is 20.3. The van der Waals surface area contributed by atoms with E-state index in [0.717, 1.165) is 35.3 Å². The van der Waals surface area contributed by atoms with Crippen LogP contribution < -0.4 is 10.6 Å². The largest absolute Gasteiger partial charge is 0.452 e. The molecule has 6 nitrogen and oxygen atoms in total. The highest BCUT2D eigenvalue weighted by Crippen LogP contribution is 2.36. The Kier molecular flexibility index (Phi) is 6.14. The minimum atomic E-state index is -0.606. The highest BCUT2D eigenvalue weighted by Gasteiger charge is 2.31. The number of ether oxygens (including phenoxy) is 1. The summed E-state index contributed by atoms with van der Waals surface area (Å²) in [5.41, 5.74) is 2.87. The van der Waals surface area contributed by atoms with Crippen molar-refractivity contribution in [2.24, 2.45) is 5.92 Å². The summed E-state index contributed by atoms with van der Waals surface area (Å²) in [7, 11) is 0. The third kappa shape index (κ3) is 4.78. The van der Waals surface area contributed by atoms with E-state index in [1.807, 2.05) is 39.0 Å². The zero-order valence-electron chi connectivity index (χ0n) is 16.3. The molecule has 1 heterocycles. The van der Waals surface area contributed by atoms with Gasteiger partial charge in [0.1, 0.15) is 5.00 Å². The second-order valence-corrected chi connectivity index (χ2v) is 8.15. The van der Waals surface area contributed by atoms with Crippen molar-refractivity contribution < 1.29 is 19.1 Å². The van der Waals surface area contributed by atoms with Gasteiger partial charge in [0, 0.05) is 16.5 Å². The monoisotopic (exact) mass is 400 g/mol. The molecule has 1 aromatic heterocycles. The van der Waals surface area contributed by atoms with Crippen LogP contribution in [0.4, 0.5) is 10.7 Å². The molecule has 148 valence electrons. The lowest BCUT2D eigenvalue weighted by Gasteiger charge is -2.09. The van der Waals surface area contributed by atoms with Crippen LogP contribution in [-0.4, -0.2) is 24.4 Å². The lowest BCUT2D eigenvalue weighted by molar-refractivity contribution is -0.119. The molecule has 2 aromatic rings. The predicted octanol–water partition coefficient (Wildman–Crippen LogP) is 4.07. The molecule has 1 saturated carbocycles. The molecule has 2 amide bonds. The van der Waals surface area contributed by atoms with E-state index in [1.54, 1.807) is 6.07 Å². The summed E-state index contributed by atoms with van der Waals surface area (Å²) in [4.78, 5) is 37.7. The zero-order valence-corrected chi connectivity index (χ0v) is 17.1. The summed E-state index contributed by atoms with van der Waals surface area (Å²) in [6.45, 7) is 5.34. The molecule has 1 fully saturated rings. The number of hydrogen-bond acceptors (Lipinski definition) is 5. The molecule has 1 aliphatic carbocycles. The van der Waals surface area contributed by atoms with Crippen LogP contribution >= 0.6 is 11.3 Å². The van der Waals surface area contributed by atoms with Crippen LogP contribution in [0.25, 0.3) is 0 Å². The van der Waals surface area contributed by atoms with Crippen LogP contribution in [0.5, 0.6) is 0 Å². The standard InChI is InChI=1S/C21H24N2O4S/c1-4-14-6-5-7-16(10-14)22-17(24)11-27-21(26)18-12(2)13(3)28-20(18)23-19(25)15-8-9-15/h5-7,10,15H,4,8-9,11H2,1-3H3,(H,22,24)(H,23,25). The van der Waals surface area contributed by atoms with Crippen molar-refractivity contribution in [2.45, 2.75) is 40.0 Å². The van der Waals surface area contributed by atoms with Gasteiger partial charge in [-0.05, 0) is 56.4 Å². The Morgan fingerprint density at radius 2 is 1.93 bits per heavy atom. The molecule has 1 aromatic carbocycles. The van der Waals surface area contributed by atoms with Gasteiger partial charge in [-0.3, -0.25) is 9.59 Å². The van der Waals surface area contributed by atoms with Crippen molar-refractivity contribution in [1.29, 1.82) is 0 Å². The molecule has 0 spiro atoms. The molecule has 3 rings (SSSR count). The Bertz CT molecular complexity index is 915. The van der Waals surface area contributed by atoms with E-state index < -0.39 is 11.9 Å². The highest BCUT2D eigenvalue weighted by molar-refractivity contribution is 7.16. The maximum atomic E-state index is 12.6. The third-order valence-corrected chi connectivity index (χ3v) is 5.85. The number of anilines is 2. The average molecular weight is 401 g/mol. The van der Waals surface area contributed by atoms with E-state index in [0.29, 0.717) is 16.3 Å². The summed E-state index contributed by atoms with van der Waals surface area (Å²) >= 11 is 1.35. The minimum absolute atomic E-state index is 0.0382. The van der Waals surface area contributed by atoms with Crippen molar-refractivity contribution in [3.63, 3.8) is 0 Å². The van der Waals surface area contributed by atoms with E-state index in [1.165, 1.54) is 11.3 Å². The molecule has 2 N–H and O–H groups in total. The number of benzene rings is 1. The molecular weight excluding hydrogens is 376 g/mol. The van der Waals surface area contributed by atoms with Crippen LogP contribution in [-0.2, 0) is 20.7 Å². The second kappa shape index (κ2) is 8.56. The molecule has 7 heteroatoms. The number of hydrogen-bond donors (Lipinski definition) is 2. The van der Waals surface area contributed by atoms with Crippen molar-refractivity contribution in [1.82, 2.24) is 0 Å². The van der Waals surface area contributed by atoms with Crippen LogP contribution in [0.3, 0.4) is 0 Å². The number of carbonyl (C=O) groups is 3. The van der Waals surface area contributed by atoms with Gasteiger partial charge < -0.3 is 15.4 Å². The molecule has 0 bridgehead atoms. The number of aryl methyl sites for hydroxylation is 2. The number of carbonyl (C=O) groups excluding carboxylic acids is 3. The van der Waals surface area contributed by atoms with Gasteiger partial charge >= 0.3 is 5.97 Å². The van der Waals surface area contributed by atoms with Gasteiger partial charge in [0.05, 0.1) is 5.56 Å². The molecule has 28 heavy (non-hydrogen) atoms. The van der Waals surface area contributed by atoms with E-state index in [4.69, 9.17) is 4.74 Å². The molecule has 0 atom stereocenters. The lowest BCUT2D eigenvalue weighted by atomic mass is 10.1. The smallest absolute Gasteiger partial charge is 0.341 e. The number of thiophene rings is 1. The highest BCUT2D eigenvalue weighted by atomic mass is 32.1. The van der Waals surface area contributed by atoms with E-state index in [2.05, 4.69) is 10.6 Å². The number of nitrogens with one attached hydrogen (secondary N) is 2. The first-order chi connectivity index (χ1) is 13.4. The summed E-state index contributed by atoms with van der Waals surface area (Å²) in [6, 6.07) is 7.52. The molecular formula is C21H24N2O4S. The summed E-state index contributed by atoms with van der Waals surface area (Å²) < 4.78 is 5.22.